The van der Waals surface area contributed by atoms with Crippen LogP contribution in [0.25, 0.3) is 0 Å². The lowest BCUT2D eigenvalue weighted by molar-refractivity contribution is 0.161. The van der Waals surface area contributed by atoms with E-state index < -0.39 is 6.09 Å². The van der Waals surface area contributed by atoms with Crippen LogP contribution in [-0.4, -0.2) is 35.8 Å². The number of carbonyl (C=O) groups excluding carboxylic acids is 1. The second kappa shape index (κ2) is 6.44. The van der Waals surface area contributed by atoms with Crippen LogP contribution in [0.2, 0.25) is 0 Å². The van der Waals surface area contributed by atoms with Gasteiger partial charge in [-0.25, -0.2) is 14.8 Å². The van der Waals surface area contributed by atoms with Crippen LogP contribution < -0.4 is 16.4 Å². The number of ether oxygens (including phenoxy) is 1. The van der Waals surface area contributed by atoms with Crippen molar-refractivity contribution in [1.29, 1.82) is 0 Å². The molecule has 0 bridgehead atoms. The molecular formula is C9H15N5O2. The molecule has 0 aliphatic rings. The minimum atomic E-state index is -0.780. The second-order valence-corrected chi connectivity index (χ2v) is 2.91. The molecule has 0 atom stereocenters. The fourth-order valence-electron chi connectivity index (χ4n) is 1.06. The lowest BCUT2D eigenvalue weighted by atomic mass is 10.5. The lowest BCUT2D eigenvalue weighted by Crippen LogP contribution is -2.18. The van der Waals surface area contributed by atoms with Gasteiger partial charge in [-0.1, -0.05) is 0 Å². The summed E-state index contributed by atoms with van der Waals surface area (Å²) in [6.07, 6.45) is 0.674. The molecule has 0 fully saturated rings. The van der Waals surface area contributed by atoms with Crippen LogP contribution in [0.4, 0.5) is 16.4 Å². The Hall–Kier alpha value is -2.05. The van der Waals surface area contributed by atoms with Gasteiger partial charge in [-0.15, -0.1) is 0 Å². The molecule has 0 saturated carbocycles. The maximum absolute atomic E-state index is 10.3. The lowest BCUT2D eigenvalue weighted by Gasteiger charge is -2.07. The number of nitrogens with zero attached hydrogens (tertiary/aromatic N) is 2. The van der Waals surface area contributed by atoms with Gasteiger partial charge in [0.25, 0.3) is 0 Å². The molecule has 4 N–H and O–H groups in total. The van der Waals surface area contributed by atoms with E-state index in [0.717, 1.165) is 12.4 Å². The number of aromatic nitrogens is 2. The first-order valence-corrected chi connectivity index (χ1v) is 4.94. The number of primary amides is 1. The van der Waals surface area contributed by atoms with Crippen molar-refractivity contribution in [3.63, 3.8) is 0 Å². The van der Waals surface area contributed by atoms with E-state index in [1.807, 2.05) is 6.92 Å². The monoisotopic (exact) mass is 225 g/mol. The Morgan fingerprint density at radius 3 is 2.75 bits per heavy atom. The predicted octanol–water partition coefficient (Wildman–Crippen LogP) is 0.416. The minimum Gasteiger partial charge on any atom is -0.448 e. The van der Waals surface area contributed by atoms with Crippen molar-refractivity contribution >= 4 is 17.7 Å². The van der Waals surface area contributed by atoms with Gasteiger partial charge in [0.2, 0.25) is 0 Å². The maximum Gasteiger partial charge on any atom is 0.404 e. The van der Waals surface area contributed by atoms with Crippen molar-refractivity contribution in [3.05, 3.63) is 12.4 Å². The molecule has 1 aromatic rings. The van der Waals surface area contributed by atoms with E-state index in [2.05, 4.69) is 25.3 Å². The van der Waals surface area contributed by atoms with Gasteiger partial charge in [0.05, 0.1) is 6.54 Å². The zero-order valence-corrected chi connectivity index (χ0v) is 9.06. The second-order valence-electron chi connectivity index (χ2n) is 2.91. The molecule has 0 aliphatic heterocycles. The Bertz CT molecular complexity index is 344. The molecular weight excluding hydrogens is 210 g/mol. The van der Waals surface area contributed by atoms with Crippen LogP contribution in [0.3, 0.4) is 0 Å². The number of hydrogen-bond acceptors (Lipinski definition) is 6. The van der Waals surface area contributed by atoms with Crippen molar-refractivity contribution in [1.82, 2.24) is 9.97 Å². The quantitative estimate of drug-likeness (QED) is 0.606. The fraction of sp³-hybridized carbons (Fsp3) is 0.444. The normalized spacial score (nSPS) is 9.56. The highest BCUT2D eigenvalue weighted by Gasteiger charge is 1.97. The van der Waals surface area contributed by atoms with Crippen LogP contribution in [0.5, 0.6) is 0 Å². The van der Waals surface area contributed by atoms with Crippen molar-refractivity contribution in [3.8, 4) is 0 Å². The third kappa shape index (κ3) is 4.45. The summed E-state index contributed by atoms with van der Waals surface area (Å²) in [5.74, 6) is 1.41. The molecule has 16 heavy (non-hydrogen) atoms. The molecule has 1 amide bonds. The molecule has 0 aliphatic carbocycles. The standard InChI is InChI=1S/C9H15N5O2/c1-2-11-7-5-8(14-6-13-7)12-3-4-16-9(10)15/h5-6H,2-4H2,1H3,(H2,10,15)(H2,11,12,13,14). The first-order chi connectivity index (χ1) is 7.72. The van der Waals surface area contributed by atoms with Crippen LogP contribution in [0.1, 0.15) is 6.92 Å². The molecule has 7 nitrogen and oxygen atoms in total. The first kappa shape index (κ1) is 12.0. The van der Waals surface area contributed by atoms with Crippen molar-refractivity contribution in [2.45, 2.75) is 6.92 Å². The smallest absolute Gasteiger partial charge is 0.404 e. The van der Waals surface area contributed by atoms with Crippen molar-refractivity contribution in [2.75, 3.05) is 30.3 Å². The summed E-state index contributed by atoms with van der Waals surface area (Å²) in [6, 6.07) is 1.77. The Kier molecular flexibility index (Phi) is 4.84. The van der Waals surface area contributed by atoms with Gasteiger partial charge in [-0.05, 0) is 6.92 Å². The topological polar surface area (TPSA) is 102 Å². The molecule has 1 aromatic heterocycles. The average Bonchev–Trinajstić information content (AvgIpc) is 2.25. The fourth-order valence-corrected chi connectivity index (χ4v) is 1.06. The van der Waals surface area contributed by atoms with E-state index >= 15 is 0 Å². The minimum absolute atomic E-state index is 0.204. The molecule has 0 aromatic carbocycles. The van der Waals surface area contributed by atoms with E-state index in [4.69, 9.17) is 5.73 Å². The zero-order chi connectivity index (χ0) is 11.8. The van der Waals surface area contributed by atoms with E-state index in [1.54, 1.807) is 6.07 Å². The predicted molar refractivity (Wildman–Crippen MR) is 60.2 cm³/mol. The summed E-state index contributed by atoms with van der Waals surface area (Å²) < 4.78 is 4.56. The van der Waals surface area contributed by atoms with Gasteiger partial charge < -0.3 is 21.1 Å². The van der Waals surface area contributed by atoms with E-state index in [0.29, 0.717) is 12.4 Å². The molecule has 1 rings (SSSR count). The van der Waals surface area contributed by atoms with Gasteiger partial charge in [0, 0.05) is 12.6 Å². The highest BCUT2D eigenvalue weighted by molar-refractivity contribution is 5.64. The summed E-state index contributed by atoms with van der Waals surface area (Å²) in [7, 11) is 0. The summed E-state index contributed by atoms with van der Waals surface area (Å²) in [5.41, 5.74) is 4.81. The van der Waals surface area contributed by atoms with E-state index in [1.165, 1.54) is 6.33 Å². The van der Waals surface area contributed by atoms with Crippen LogP contribution in [0, 0.1) is 0 Å². The molecule has 0 unspecified atom stereocenters. The van der Waals surface area contributed by atoms with Gasteiger partial charge in [-0.3, -0.25) is 0 Å². The Morgan fingerprint density at radius 2 is 2.12 bits per heavy atom. The zero-order valence-electron chi connectivity index (χ0n) is 9.06. The number of amides is 1. The number of anilines is 2. The summed E-state index contributed by atoms with van der Waals surface area (Å²) in [5, 5.41) is 6.03. The molecule has 1 heterocycles. The van der Waals surface area contributed by atoms with Crippen LogP contribution in [0.15, 0.2) is 12.4 Å². The summed E-state index contributed by atoms with van der Waals surface area (Å²) in [6.45, 7) is 3.43. The number of rotatable bonds is 6. The summed E-state index contributed by atoms with van der Waals surface area (Å²) >= 11 is 0. The first-order valence-electron chi connectivity index (χ1n) is 4.94. The van der Waals surface area contributed by atoms with E-state index in [9.17, 15) is 4.79 Å². The largest absolute Gasteiger partial charge is 0.448 e. The Balaban J connectivity index is 2.35. The number of nitrogens with two attached hydrogens (primary N) is 1. The van der Waals surface area contributed by atoms with Crippen molar-refractivity contribution < 1.29 is 9.53 Å². The molecule has 88 valence electrons. The molecule has 0 spiro atoms. The van der Waals surface area contributed by atoms with Gasteiger partial charge >= 0.3 is 6.09 Å². The highest BCUT2D eigenvalue weighted by atomic mass is 16.5. The third-order valence-electron chi connectivity index (χ3n) is 1.68. The van der Waals surface area contributed by atoms with Crippen LogP contribution in [-0.2, 0) is 4.74 Å². The highest BCUT2D eigenvalue weighted by Crippen LogP contribution is 2.07. The van der Waals surface area contributed by atoms with Gasteiger partial charge in [0.15, 0.2) is 0 Å². The van der Waals surface area contributed by atoms with E-state index in [-0.39, 0.29) is 6.61 Å². The molecule has 0 saturated heterocycles. The Morgan fingerprint density at radius 1 is 1.44 bits per heavy atom. The third-order valence-corrected chi connectivity index (χ3v) is 1.68. The molecule has 0 radical (unpaired) electrons. The van der Waals surface area contributed by atoms with Crippen LogP contribution >= 0.6 is 0 Å². The van der Waals surface area contributed by atoms with Crippen molar-refractivity contribution in [2.24, 2.45) is 5.73 Å². The average molecular weight is 225 g/mol. The maximum atomic E-state index is 10.3. The van der Waals surface area contributed by atoms with Gasteiger partial charge in [0.1, 0.15) is 24.6 Å². The SMILES string of the molecule is CCNc1cc(NCCOC(N)=O)ncn1. The van der Waals surface area contributed by atoms with Gasteiger partial charge in [-0.2, -0.15) is 0 Å². The number of hydrogen-bond donors (Lipinski definition) is 3. The summed E-state index contributed by atoms with van der Waals surface area (Å²) in [4.78, 5) is 18.3. The number of nitrogens with one attached hydrogen (secondary N) is 2. The number of carbonyl (C=O) groups is 1. The molecule has 7 heteroatoms. The Labute approximate surface area is 93.4 Å².